The molecule has 0 bridgehead atoms. The van der Waals surface area contributed by atoms with E-state index in [1.165, 1.54) is 12.8 Å². The van der Waals surface area contributed by atoms with Crippen molar-refractivity contribution in [3.8, 4) is 0 Å². The molecule has 2 aromatic carbocycles. The summed E-state index contributed by atoms with van der Waals surface area (Å²) in [6.07, 6.45) is 8.05. The summed E-state index contributed by atoms with van der Waals surface area (Å²) in [6.45, 7) is 2.41. The van der Waals surface area contributed by atoms with Gasteiger partial charge in [0.15, 0.2) is 0 Å². The molecule has 164 valence electrons. The van der Waals surface area contributed by atoms with Crippen molar-refractivity contribution >= 4 is 23.4 Å². The van der Waals surface area contributed by atoms with Gasteiger partial charge in [0.2, 0.25) is 5.91 Å². The van der Waals surface area contributed by atoms with Gasteiger partial charge in [0.25, 0.3) is 5.91 Å². The summed E-state index contributed by atoms with van der Waals surface area (Å²) in [5.74, 6) is -0.0901. The van der Waals surface area contributed by atoms with Crippen molar-refractivity contribution in [1.29, 1.82) is 0 Å². The van der Waals surface area contributed by atoms with Crippen LogP contribution in [-0.4, -0.2) is 34.8 Å². The van der Waals surface area contributed by atoms with E-state index in [4.69, 9.17) is 11.6 Å². The number of halogens is 1. The number of amides is 2. The Balaban J connectivity index is 1.58. The van der Waals surface area contributed by atoms with Crippen molar-refractivity contribution in [2.24, 2.45) is 0 Å². The second kappa shape index (κ2) is 9.44. The summed E-state index contributed by atoms with van der Waals surface area (Å²) in [4.78, 5) is 28.9. The van der Waals surface area contributed by atoms with Gasteiger partial charge in [-0.3, -0.25) is 9.59 Å². The third-order valence-electron chi connectivity index (χ3n) is 6.84. The van der Waals surface area contributed by atoms with E-state index < -0.39 is 5.54 Å². The molecule has 1 atom stereocenters. The second-order valence-electron chi connectivity index (χ2n) is 9.10. The Morgan fingerprint density at radius 2 is 1.74 bits per heavy atom. The number of hydrogen-bond acceptors (Lipinski definition) is 2. The zero-order valence-electron chi connectivity index (χ0n) is 18.2. The minimum atomic E-state index is -0.899. The first-order valence-electron chi connectivity index (χ1n) is 11.4. The molecule has 5 heteroatoms. The van der Waals surface area contributed by atoms with E-state index in [9.17, 15) is 9.59 Å². The molecule has 0 aromatic heterocycles. The van der Waals surface area contributed by atoms with Gasteiger partial charge in [-0.25, -0.2) is 0 Å². The topological polar surface area (TPSA) is 49.4 Å². The molecular weight excluding hydrogens is 408 g/mol. The molecule has 1 heterocycles. The van der Waals surface area contributed by atoms with Crippen LogP contribution in [0, 0.1) is 0 Å². The largest absolute Gasteiger partial charge is 0.351 e. The lowest BCUT2D eigenvalue weighted by Gasteiger charge is -2.44. The summed E-state index contributed by atoms with van der Waals surface area (Å²) in [5.41, 5.74) is 1.86. The zero-order chi connectivity index (χ0) is 21.8. The van der Waals surface area contributed by atoms with Crippen LogP contribution in [0.15, 0.2) is 48.5 Å². The van der Waals surface area contributed by atoms with E-state index >= 15 is 0 Å². The summed E-state index contributed by atoms with van der Waals surface area (Å²) in [6, 6.07) is 15.6. The minimum absolute atomic E-state index is 0.0293. The van der Waals surface area contributed by atoms with Crippen LogP contribution in [0.25, 0.3) is 0 Å². The second-order valence-corrected chi connectivity index (χ2v) is 9.54. The van der Waals surface area contributed by atoms with Crippen LogP contribution in [0.2, 0.25) is 5.02 Å². The molecule has 1 aliphatic heterocycles. The van der Waals surface area contributed by atoms with Crippen LogP contribution in [0.5, 0.6) is 0 Å². The highest BCUT2D eigenvalue weighted by molar-refractivity contribution is 6.30. The fourth-order valence-electron chi connectivity index (χ4n) is 4.93. The molecule has 31 heavy (non-hydrogen) atoms. The van der Waals surface area contributed by atoms with E-state index in [0.29, 0.717) is 30.0 Å². The number of hydrogen-bond donors (Lipinski definition) is 1. The van der Waals surface area contributed by atoms with Crippen molar-refractivity contribution in [3.63, 3.8) is 0 Å². The fraction of sp³-hybridized carbons (Fsp3) is 0.462. The fourth-order valence-corrected chi connectivity index (χ4v) is 5.05. The zero-order valence-corrected chi connectivity index (χ0v) is 19.0. The van der Waals surface area contributed by atoms with Gasteiger partial charge in [-0.2, -0.15) is 0 Å². The van der Waals surface area contributed by atoms with Crippen molar-refractivity contribution < 1.29 is 9.59 Å². The monoisotopic (exact) mass is 438 g/mol. The number of fused-ring (bicyclic) bond motifs is 1. The molecule has 1 N–H and O–H groups in total. The minimum Gasteiger partial charge on any atom is -0.351 e. The van der Waals surface area contributed by atoms with E-state index in [2.05, 4.69) is 5.32 Å². The average Bonchev–Trinajstić information content (AvgIpc) is 3.03. The molecular formula is C26H31ClN2O2. The van der Waals surface area contributed by atoms with E-state index in [-0.39, 0.29) is 17.9 Å². The summed E-state index contributed by atoms with van der Waals surface area (Å²) in [7, 11) is 0. The standard InChI is InChI=1S/C26H31ClN2O2/c1-26(25(31)28-22-9-4-2-3-5-10-22)18-20-8-6-7-11-23(20)24(30)29(26)17-16-19-12-14-21(27)15-13-19/h6-8,11-15,22H,2-5,9-10,16-18H2,1H3,(H,28,31). The Labute approximate surface area is 190 Å². The molecule has 0 spiro atoms. The Morgan fingerprint density at radius 1 is 1.06 bits per heavy atom. The number of carbonyl (C=O) groups is 2. The molecule has 1 saturated carbocycles. The predicted octanol–water partition coefficient (Wildman–Crippen LogP) is 5.18. The van der Waals surface area contributed by atoms with Crippen molar-refractivity contribution in [2.45, 2.75) is 69.9 Å². The first-order valence-corrected chi connectivity index (χ1v) is 11.8. The Kier molecular flexibility index (Phi) is 6.66. The Bertz CT molecular complexity index is 935. The summed E-state index contributed by atoms with van der Waals surface area (Å²) in [5, 5.41) is 4.00. The Morgan fingerprint density at radius 3 is 2.45 bits per heavy atom. The molecule has 0 radical (unpaired) electrons. The third kappa shape index (κ3) is 4.79. The van der Waals surface area contributed by atoms with Crippen LogP contribution in [0.1, 0.15) is 66.9 Å². The van der Waals surface area contributed by atoms with Crippen LogP contribution < -0.4 is 5.32 Å². The lowest BCUT2D eigenvalue weighted by molar-refractivity contribution is -0.132. The van der Waals surface area contributed by atoms with Gasteiger partial charge in [0, 0.05) is 29.6 Å². The highest BCUT2D eigenvalue weighted by Gasteiger charge is 2.46. The van der Waals surface area contributed by atoms with Gasteiger partial charge < -0.3 is 10.2 Å². The van der Waals surface area contributed by atoms with Crippen LogP contribution in [0.3, 0.4) is 0 Å². The van der Waals surface area contributed by atoms with E-state index in [1.54, 1.807) is 4.90 Å². The average molecular weight is 439 g/mol. The molecule has 1 aliphatic carbocycles. The van der Waals surface area contributed by atoms with Crippen LogP contribution in [-0.2, 0) is 17.6 Å². The molecule has 2 aromatic rings. The maximum absolute atomic E-state index is 13.6. The van der Waals surface area contributed by atoms with Gasteiger partial charge in [-0.1, -0.05) is 67.6 Å². The summed E-state index contributed by atoms with van der Waals surface area (Å²) >= 11 is 6.01. The van der Waals surface area contributed by atoms with Gasteiger partial charge >= 0.3 is 0 Å². The normalized spacial score (nSPS) is 22.0. The van der Waals surface area contributed by atoms with Gasteiger partial charge in [0.05, 0.1) is 0 Å². The van der Waals surface area contributed by atoms with E-state index in [1.807, 2.05) is 55.5 Å². The molecule has 2 aliphatic rings. The highest BCUT2D eigenvalue weighted by Crippen LogP contribution is 2.32. The first kappa shape index (κ1) is 21.9. The number of benzene rings is 2. The van der Waals surface area contributed by atoms with Gasteiger partial charge in [0.1, 0.15) is 5.54 Å². The molecule has 2 amide bonds. The smallest absolute Gasteiger partial charge is 0.255 e. The third-order valence-corrected chi connectivity index (χ3v) is 7.09. The molecule has 1 unspecified atom stereocenters. The van der Waals surface area contributed by atoms with Crippen molar-refractivity contribution in [1.82, 2.24) is 10.2 Å². The highest BCUT2D eigenvalue weighted by atomic mass is 35.5. The molecule has 4 rings (SSSR count). The lowest BCUT2D eigenvalue weighted by Crippen LogP contribution is -2.64. The maximum Gasteiger partial charge on any atom is 0.255 e. The molecule has 1 fully saturated rings. The quantitative estimate of drug-likeness (QED) is 0.654. The maximum atomic E-state index is 13.6. The molecule has 0 saturated heterocycles. The van der Waals surface area contributed by atoms with Gasteiger partial charge in [-0.15, -0.1) is 0 Å². The van der Waals surface area contributed by atoms with Crippen LogP contribution >= 0.6 is 11.6 Å². The predicted molar refractivity (Wildman–Crippen MR) is 124 cm³/mol. The Hall–Kier alpha value is -2.33. The van der Waals surface area contributed by atoms with E-state index in [0.717, 1.165) is 36.8 Å². The molecule has 4 nitrogen and oxygen atoms in total. The number of nitrogens with zero attached hydrogens (tertiary/aromatic N) is 1. The SMILES string of the molecule is CC1(C(=O)NC2CCCCCC2)Cc2ccccc2C(=O)N1CCc1ccc(Cl)cc1. The van der Waals surface area contributed by atoms with Crippen LogP contribution in [0.4, 0.5) is 0 Å². The van der Waals surface area contributed by atoms with Crippen molar-refractivity contribution in [3.05, 3.63) is 70.2 Å². The lowest BCUT2D eigenvalue weighted by atomic mass is 9.82. The van der Waals surface area contributed by atoms with Gasteiger partial charge in [-0.05, 0) is 55.5 Å². The number of carbonyl (C=O) groups excluding carboxylic acids is 2. The van der Waals surface area contributed by atoms with Crippen molar-refractivity contribution in [2.75, 3.05) is 6.54 Å². The number of nitrogens with one attached hydrogen (secondary N) is 1. The number of rotatable bonds is 5. The first-order chi connectivity index (χ1) is 15.0. The summed E-state index contributed by atoms with van der Waals surface area (Å²) < 4.78 is 0.